The first-order chi connectivity index (χ1) is 7.10. The van der Waals surface area contributed by atoms with Crippen molar-refractivity contribution in [2.24, 2.45) is 7.05 Å². The number of hydrogen-bond acceptors (Lipinski definition) is 3. The number of hydrogen-bond donors (Lipinski definition) is 1. The van der Waals surface area contributed by atoms with Crippen LogP contribution < -0.4 is 5.32 Å². The van der Waals surface area contributed by atoms with Crippen molar-refractivity contribution in [1.29, 1.82) is 0 Å². The van der Waals surface area contributed by atoms with Gasteiger partial charge in [0.25, 0.3) is 0 Å². The van der Waals surface area contributed by atoms with Gasteiger partial charge < -0.3 is 5.32 Å². The van der Waals surface area contributed by atoms with Gasteiger partial charge in [0.2, 0.25) is 0 Å². The maximum Gasteiger partial charge on any atom is 0.152 e. The first-order valence-electron chi connectivity index (χ1n) is 4.96. The molecule has 4 nitrogen and oxygen atoms in total. The molecule has 0 spiro atoms. The Morgan fingerprint density at radius 2 is 2.27 bits per heavy atom. The van der Waals surface area contributed by atoms with Crippen LogP contribution in [0.5, 0.6) is 0 Å². The minimum absolute atomic E-state index is 0.170. The molecule has 0 atom stereocenters. The smallest absolute Gasteiger partial charge is 0.152 e. The molecule has 0 unspecified atom stereocenters. The van der Waals surface area contributed by atoms with Gasteiger partial charge >= 0.3 is 0 Å². The molecule has 1 heterocycles. The Kier molecular flexibility index (Phi) is 4.47. The third-order valence-electron chi connectivity index (χ3n) is 2.24. The Hall–Kier alpha value is -0.680. The van der Waals surface area contributed by atoms with Gasteiger partial charge in [-0.25, -0.2) is 0 Å². The highest BCUT2D eigenvalue weighted by atomic mass is 79.9. The number of halogens is 1. The average molecular weight is 274 g/mol. The fourth-order valence-corrected chi connectivity index (χ4v) is 2.21. The Morgan fingerprint density at radius 1 is 1.60 bits per heavy atom. The molecule has 5 heteroatoms. The molecule has 0 fully saturated rings. The summed E-state index contributed by atoms with van der Waals surface area (Å²) in [5.74, 6) is 0.170. The molecule has 0 radical (unpaired) electrons. The van der Waals surface area contributed by atoms with Crippen LogP contribution in [-0.2, 0) is 24.7 Å². The van der Waals surface area contributed by atoms with E-state index in [9.17, 15) is 4.79 Å². The monoisotopic (exact) mass is 273 g/mol. The Bertz CT molecular complexity index is 360. The van der Waals surface area contributed by atoms with E-state index in [1.165, 1.54) is 0 Å². The molecule has 1 aromatic rings. The van der Waals surface area contributed by atoms with Crippen LogP contribution in [-0.4, -0.2) is 29.2 Å². The van der Waals surface area contributed by atoms with Gasteiger partial charge in [-0.15, -0.1) is 0 Å². The van der Waals surface area contributed by atoms with Gasteiger partial charge in [-0.2, -0.15) is 5.10 Å². The molecule has 1 N–H and O–H groups in total. The van der Waals surface area contributed by atoms with Crippen LogP contribution >= 0.6 is 15.9 Å². The van der Waals surface area contributed by atoms with Crippen molar-refractivity contribution in [3.05, 3.63) is 15.9 Å². The molecule has 0 aliphatic rings. The zero-order valence-corrected chi connectivity index (χ0v) is 10.9. The van der Waals surface area contributed by atoms with Gasteiger partial charge in [0.05, 0.1) is 28.8 Å². The molecular formula is C10H16BrN3O. The van der Waals surface area contributed by atoms with Crippen LogP contribution in [0.3, 0.4) is 0 Å². The molecule has 15 heavy (non-hydrogen) atoms. The van der Waals surface area contributed by atoms with Gasteiger partial charge in [-0.3, -0.25) is 9.48 Å². The first-order valence-corrected chi connectivity index (χ1v) is 5.76. The summed E-state index contributed by atoms with van der Waals surface area (Å²) in [6.07, 6.45) is 1.29. The molecule has 1 aromatic heterocycles. The van der Waals surface area contributed by atoms with Gasteiger partial charge in [-0.05, 0) is 29.4 Å². The lowest BCUT2D eigenvalue weighted by Crippen LogP contribution is -2.21. The van der Waals surface area contributed by atoms with Crippen LogP contribution in [0, 0.1) is 0 Å². The van der Waals surface area contributed by atoms with E-state index < -0.39 is 0 Å². The quantitative estimate of drug-likeness (QED) is 0.874. The number of rotatable bonds is 5. The van der Waals surface area contributed by atoms with E-state index in [1.807, 2.05) is 14.0 Å². The van der Waals surface area contributed by atoms with E-state index in [1.54, 1.807) is 11.7 Å². The second kappa shape index (κ2) is 5.42. The molecule has 0 amide bonds. The molecule has 0 aromatic carbocycles. The largest absolute Gasteiger partial charge is 0.313 e. The number of carbonyl (C=O) groups is 1. The number of nitrogens with zero attached hydrogens (tertiary/aromatic N) is 2. The summed E-state index contributed by atoms with van der Waals surface area (Å²) in [4.78, 5) is 11.5. The Balaban J connectivity index is 2.85. The van der Waals surface area contributed by atoms with Crippen molar-refractivity contribution < 1.29 is 4.79 Å². The topological polar surface area (TPSA) is 46.9 Å². The standard InChI is InChI=1S/C10H16BrN3O/c1-4-8-10(11)9(14(3)13-8)5-7(15)6-12-2/h12H,4-6H2,1-3H3. The van der Waals surface area contributed by atoms with Crippen LogP contribution in [0.4, 0.5) is 0 Å². The molecule has 0 saturated heterocycles. The second-order valence-corrected chi connectivity index (χ2v) is 4.22. The number of likely N-dealkylation sites (N-methyl/N-ethyl adjacent to an activating group) is 1. The molecule has 0 saturated carbocycles. The highest BCUT2D eigenvalue weighted by Gasteiger charge is 2.14. The third kappa shape index (κ3) is 2.89. The third-order valence-corrected chi connectivity index (χ3v) is 3.16. The highest BCUT2D eigenvalue weighted by molar-refractivity contribution is 9.10. The van der Waals surface area contributed by atoms with Crippen molar-refractivity contribution in [1.82, 2.24) is 15.1 Å². The van der Waals surface area contributed by atoms with E-state index in [4.69, 9.17) is 0 Å². The number of carbonyl (C=O) groups excluding carboxylic acids is 1. The van der Waals surface area contributed by atoms with Crippen molar-refractivity contribution in [2.75, 3.05) is 13.6 Å². The van der Waals surface area contributed by atoms with Gasteiger partial charge in [0, 0.05) is 7.05 Å². The predicted molar refractivity (Wildman–Crippen MR) is 62.9 cm³/mol. The van der Waals surface area contributed by atoms with Crippen LogP contribution in [0.15, 0.2) is 4.47 Å². The lowest BCUT2D eigenvalue weighted by atomic mass is 10.2. The summed E-state index contributed by atoms with van der Waals surface area (Å²) in [6, 6.07) is 0. The molecule has 0 bridgehead atoms. The molecule has 1 rings (SSSR count). The summed E-state index contributed by atoms with van der Waals surface area (Å²) in [5, 5.41) is 7.19. The highest BCUT2D eigenvalue weighted by Crippen LogP contribution is 2.21. The van der Waals surface area contributed by atoms with Crippen LogP contribution in [0.1, 0.15) is 18.3 Å². The number of aryl methyl sites for hydroxylation is 2. The van der Waals surface area contributed by atoms with E-state index in [2.05, 4.69) is 26.3 Å². The first kappa shape index (κ1) is 12.4. The maximum absolute atomic E-state index is 11.5. The molecule has 84 valence electrons. The normalized spacial score (nSPS) is 10.7. The van der Waals surface area contributed by atoms with Crippen LogP contribution in [0.2, 0.25) is 0 Å². The van der Waals surface area contributed by atoms with Crippen molar-refractivity contribution in [3.8, 4) is 0 Å². The minimum Gasteiger partial charge on any atom is -0.313 e. The van der Waals surface area contributed by atoms with Gasteiger partial charge in [-0.1, -0.05) is 6.92 Å². The van der Waals surface area contributed by atoms with E-state index in [0.29, 0.717) is 13.0 Å². The number of ketones is 1. The Labute approximate surface area is 98.2 Å². The van der Waals surface area contributed by atoms with Gasteiger partial charge in [0.1, 0.15) is 0 Å². The summed E-state index contributed by atoms with van der Waals surface area (Å²) < 4.78 is 2.74. The van der Waals surface area contributed by atoms with Crippen molar-refractivity contribution in [3.63, 3.8) is 0 Å². The van der Waals surface area contributed by atoms with Crippen molar-refractivity contribution in [2.45, 2.75) is 19.8 Å². The average Bonchev–Trinajstić information content (AvgIpc) is 2.45. The van der Waals surface area contributed by atoms with E-state index >= 15 is 0 Å². The fraction of sp³-hybridized carbons (Fsp3) is 0.600. The molecule has 0 aliphatic heterocycles. The summed E-state index contributed by atoms with van der Waals surface area (Å²) in [5.41, 5.74) is 1.96. The fourth-order valence-electron chi connectivity index (χ4n) is 1.46. The maximum atomic E-state index is 11.5. The zero-order valence-electron chi connectivity index (χ0n) is 9.30. The summed E-state index contributed by atoms with van der Waals surface area (Å²) in [6.45, 7) is 2.45. The van der Waals surface area contributed by atoms with Crippen molar-refractivity contribution >= 4 is 21.7 Å². The molecular weight excluding hydrogens is 258 g/mol. The molecule has 0 aliphatic carbocycles. The summed E-state index contributed by atoms with van der Waals surface area (Å²) >= 11 is 3.49. The van der Waals surface area contributed by atoms with Gasteiger partial charge in [0.15, 0.2) is 5.78 Å². The SMILES string of the molecule is CCc1nn(C)c(CC(=O)CNC)c1Br. The number of Topliss-reactive ketones (excluding diaryl/α,β-unsaturated/α-hetero) is 1. The second-order valence-electron chi connectivity index (χ2n) is 3.43. The number of nitrogens with one attached hydrogen (secondary N) is 1. The lowest BCUT2D eigenvalue weighted by Gasteiger charge is -2.01. The Morgan fingerprint density at radius 3 is 2.73 bits per heavy atom. The lowest BCUT2D eigenvalue weighted by molar-refractivity contribution is -0.117. The van der Waals surface area contributed by atoms with E-state index in [0.717, 1.165) is 22.3 Å². The minimum atomic E-state index is 0.170. The van der Waals surface area contributed by atoms with Crippen LogP contribution in [0.25, 0.3) is 0 Å². The number of aromatic nitrogens is 2. The van der Waals surface area contributed by atoms with E-state index in [-0.39, 0.29) is 5.78 Å². The zero-order chi connectivity index (χ0) is 11.4. The summed E-state index contributed by atoms with van der Waals surface area (Å²) in [7, 11) is 3.64. The predicted octanol–water partition coefficient (Wildman–Crippen LogP) is 1.08.